The van der Waals surface area contributed by atoms with Crippen LogP contribution in [0, 0.1) is 0 Å². The summed E-state index contributed by atoms with van der Waals surface area (Å²) in [5.74, 6) is -1.22. The van der Waals surface area contributed by atoms with Gasteiger partial charge < -0.3 is 9.84 Å². The molecule has 0 aliphatic carbocycles. The van der Waals surface area contributed by atoms with Gasteiger partial charge in [-0.05, 0) is 31.0 Å². The number of hydrogen-bond acceptors (Lipinski definition) is 5. The standard InChI is InChI=1S/C14H12ClF3N4O2/c15-8-3-4-9-10(7-8)22-11(20-21-13(22)14(16,17)18)12(19-9)24-6-2-1-5-23/h3-4,7,23H,1-2,5-6H2. The van der Waals surface area contributed by atoms with Crippen LogP contribution in [-0.4, -0.2) is 37.9 Å². The maximum absolute atomic E-state index is 13.2. The summed E-state index contributed by atoms with van der Waals surface area (Å²) in [5.41, 5.74) is 0.271. The highest BCUT2D eigenvalue weighted by Crippen LogP contribution is 2.33. The fraction of sp³-hybridized carbons (Fsp3) is 0.357. The lowest BCUT2D eigenvalue weighted by Crippen LogP contribution is -2.12. The Morgan fingerprint density at radius 2 is 2.00 bits per heavy atom. The SMILES string of the molecule is OCCCCOc1nc2ccc(Cl)cc2n2c(C(F)(F)F)nnc12. The van der Waals surface area contributed by atoms with Gasteiger partial charge >= 0.3 is 6.18 Å². The van der Waals surface area contributed by atoms with Gasteiger partial charge in [0.2, 0.25) is 11.5 Å². The largest absolute Gasteiger partial charge is 0.475 e. The summed E-state index contributed by atoms with van der Waals surface area (Å²) >= 11 is 5.89. The Kier molecular flexibility index (Phi) is 4.46. The molecule has 1 aromatic carbocycles. The van der Waals surface area contributed by atoms with Crippen molar-refractivity contribution in [2.75, 3.05) is 13.2 Å². The van der Waals surface area contributed by atoms with Crippen LogP contribution in [0.2, 0.25) is 5.02 Å². The van der Waals surface area contributed by atoms with Crippen LogP contribution in [0.25, 0.3) is 16.7 Å². The minimum atomic E-state index is -4.69. The van der Waals surface area contributed by atoms with Crippen LogP contribution >= 0.6 is 11.6 Å². The smallest absolute Gasteiger partial charge is 0.452 e. The van der Waals surface area contributed by atoms with Gasteiger partial charge in [-0.15, -0.1) is 10.2 Å². The summed E-state index contributed by atoms with van der Waals surface area (Å²) in [7, 11) is 0. The van der Waals surface area contributed by atoms with Gasteiger partial charge in [0.05, 0.1) is 17.6 Å². The molecule has 0 aliphatic rings. The van der Waals surface area contributed by atoms with Gasteiger partial charge in [0, 0.05) is 11.6 Å². The first-order valence-electron chi connectivity index (χ1n) is 7.07. The molecule has 10 heteroatoms. The molecule has 0 bridgehead atoms. The molecule has 128 valence electrons. The molecule has 3 aromatic rings. The number of hydrogen-bond donors (Lipinski definition) is 1. The lowest BCUT2D eigenvalue weighted by Gasteiger charge is -2.11. The van der Waals surface area contributed by atoms with E-state index in [9.17, 15) is 13.2 Å². The summed E-state index contributed by atoms with van der Waals surface area (Å²) in [5, 5.41) is 15.8. The predicted octanol–water partition coefficient (Wildman–Crippen LogP) is 3.10. The van der Waals surface area contributed by atoms with Crippen LogP contribution in [0.3, 0.4) is 0 Å². The summed E-state index contributed by atoms with van der Waals surface area (Å²) in [6.45, 7) is 0.197. The minimum Gasteiger partial charge on any atom is -0.475 e. The van der Waals surface area contributed by atoms with Crippen molar-refractivity contribution in [3.8, 4) is 5.88 Å². The number of alkyl halides is 3. The quantitative estimate of drug-likeness (QED) is 0.708. The van der Waals surface area contributed by atoms with Gasteiger partial charge in [-0.1, -0.05) is 11.6 Å². The second kappa shape index (κ2) is 6.40. The molecule has 0 aliphatic heterocycles. The number of benzene rings is 1. The zero-order valence-electron chi connectivity index (χ0n) is 12.2. The van der Waals surface area contributed by atoms with Crippen molar-refractivity contribution >= 4 is 28.3 Å². The molecule has 0 spiro atoms. The van der Waals surface area contributed by atoms with Crippen molar-refractivity contribution < 1.29 is 23.0 Å². The van der Waals surface area contributed by atoms with Gasteiger partial charge in [0.25, 0.3) is 5.88 Å². The maximum Gasteiger partial charge on any atom is 0.452 e. The Hall–Kier alpha value is -2.13. The van der Waals surface area contributed by atoms with E-state index >= 15 is 0 Å². The first-order valence-corrected chi connectivity index (χ1v) is 7.45. The molecule has 0 radical (unpaired) electrons. The predicted molar refractivity (Wildman–Crippen MR) is 80.1 cm³/mol. The average Bonchev–Trinajstić information content (AvgIpc) is 2.97. The van der Waals surface area contributed by atoms with E-state index in [2.05, 4.69) is 15.2 Å². The molecule has 0 saturated carbocycles. The average molecular weight is 361 g/mol. The van der Waals surface area contributed by atoms with Gasteiger partial charge in [-0.25, -0.2) is 4.98 Å². The Labute approximate surface area is 138 Å². The number of aliphatic hydroxyl groups excluding tert-OH is 1. The van der Waals surface area contributed by atoms with Crippen molar-refractivity contribution in [1.29, 1.82) is 0 Å². The van der Waals surface area contributed by atoms with Crippen molar-refractivity contribution in [3.05, 3.63) is 29.0 Å². The Bertz CT molecular complexity index is 882. The van der Waals surface area contributed by atoms with Crippen molar-refractivity contribution in [1.82, 2.24) is 19.6 Å². The van der Waals surface area contributed by atoms with Crippen LogP contribution < -0.4 is 4.74 Å². The number of aromatic nitrogens is 4. The molecule has 1 N–H and O–H groups in total. The monoisotopic (exact) mass is 360 g/mol. The third kappa shape index (κ3) is 3.09. The van der Waals surface area contributed by atoms with Crippen LogP contribution in [0.5, 0.6) is 5.88 Å². The lowest BCUT2D eigenvalue weighted by atomic mass is 10.3. The van der Waals surface area contributed by atoms with Crippen LogP contribution in [0.4, 0.5) is 13.2 Å². The normalized spacial score (nSPS) is 12.2. The highest BCUT2D eigenvalue weighted by molar-refractivity contribution is 6.31. The van der Waals surface area contributed by atoms with E-state index in [1.807, 2.05) is 0 Å². The first-order chi connectivity index (χ1) is 11.4. The van der Waals surface area contributed by atoms with Crippen LogP contribution in [0.1, 0.15) is 18.7 Å². The third-order valence-electron chi connectivity index (χ3n) is 3.30. The van der Waals surface area contributed by atoms with E-state index < -0.39 is 12.0 Å². The summed E-state index contributed by atoms with van der Waals surface area (Å²) in [4.78, 5) is 4.20. The molecule has 3 rings (SSSR count). The number of rotatable bonds is 5. The molecule has 24 heavy (non-hydrogen) atoms. The highest BCUT2D eigenvalue weighted by Gasteiger charge is 2.38. The fourth-order valence-electron chi connectivity index (χ4n) is 2.24. The zero-order chi connectivity index (χ0) is 17.3. The lowest BCUT2D eigenvalue weighted by molar-refractivity contribution is -0.145. The summed E-state index contributed by atoms with van der Waals surface area (Å²) < 4.78 is 45.9. The number of aliphatic hydroxyl groups is 1. The molecule has 0 unspecified atom stereocenters. The van der Waals surface area contributed by atoms with Crippen molar-refractivity contribution in [2.24, 2.45) is 0 Å². The van der Waals surface area contributed by atoms with Crippen LogP contribution in [-0.2, 0) is 6.18 Å². The highest BCUT2D eigenvalue weighted by atomic mass is 35.5. The van der Waals surface area contributed by atoms with E-state index in [1.165, 1.54) is 18.2 Å². The minimum absolute atomic E-state index is 0.00553. The van der Waals surface area contributed by atoms with E-state index in [1.54, 1.807) is 0 Å². The number of ether oxygens (including phenoxy) is 1. The molecular formula is C14H12ClF3N4O2. The number of fused-ring (bicyclic) bond motifs is 3. The van der Waals surface area contributed by atoms with E-state index in [0.717, 1.165) is 4.40 Å². The molecular weight excluding hydrogens is 349 g/mol. The van der Waals surface area contributed by atoms with Gasteiger partial charge in [-0.3, -0.25) is 4.40 Å². The number of halogens is 4. The summed E-state index contributed by atoms with van der Waals surface area (Å²) in [6.07, 6.45) is -3.65. The van der Waals surface area contributed by atoms with Gasteiger partial charge in [-0.2, -0.15) is 13.2 Å². The van der Waals surface area contributed by atoms with Crippen LogP contribution in [0.15, 0.2) is 18.2 Å². The molecule has 2 aromatic heterocycles. The molecule has 6 nitrogen and oxygen atoms in total. The van der Waals surface area contributed by atoms with Crippen molar-refractivity contribution in [2.45, 2.75) is 19.0 Å². The molecule has 0 amide bonds. The zero-order valence-corrected chi connectivity index (χ0v) is 13.0. The summed E-state index contributed by atoms with van der Waals surface area (Å²) in [6, 6.07) is 4.39. The molecule has 2 heterocycles. The number of unbranched alkanes of at least 4 members (excludes halogenated alkanes) is 1. The number of nitrogens with zero attached hydrogens (tertiary/aromatic N) is 4. The fourth-order valence-corrected chi connectivity index (χ4v) is 2.41. The van der Waals surface area contributed by atoms with Gasteiger partial charge in [0.15, 0.2) is 0 Å². The van der Waals surface area contributed by atoms with E-state index in [-0.39, 0.29) is 40.8 Å². The van der Waals surface area contributed by atoms with Crippen molar-refractivity contribution in [3.63, 3.8) is 0 Å². The Morgan fingerprint density at radius 3 is 2.71 bits per heavy atom. The Morgan fingerprint density at radius 1 is 1.21 bits per heavy atom. The second-order valence-corrected chi connectivity index (χ2v) is 5.45. The van der Waals surface area contributed by atoms with E-state index in [4.69, 9.17) is 21.4 Å². The first kappa shape index (κ1) is 16.7. The molecule has 0 atom stereocenters. The van der Waals surface area contributed by atoms with E-state index in [0.29, 0.717) is 12.8 Å². The molecule has 0 saturated heterocycles. The van der Waals surface area contributed by atoms with Gasteiger partial charge in [0.1, 0.15) is 0 Å². The third-order valence-corrected chi connectivity index (χ3v) is 3.53. The maximum atomic E-state index is 13.2. The molecule has 0 fully saturated rings. The second-order valence-electron chi connectivity index (χ2n) is 5.01. The topological polar surface area (TPSA) is 72.5 Å². The Balaban J connectivity index is 2.18.